The van der Waals surface area contributed by atoms with Crippen LogP contribution in [0, 0.1) is 0 Å². The standard InChI is InChI=1S/C21H28N4O2S/c1-3-21(2,20-22-11-14-28-20)23-15-18(26)25-12-9-17(10-13-25)24-19(27)16-7-5-4-6-8-16/h4-8,11,14,17,23H,3,9-10,12-13,15H2,1-2H3,(H,24,27). The van der Waals surface area contributed by atoms with Crippen molar-refractivity contribution in [3.63, 3.8) is 0 Å². The fourth-order valence-corrected chi connectivity index (χ4v) is 4.21. The van der Waals surface area contributed by atoms with Crippen molar-refractivity contribution in [2.75, 3.05) is 19.6 Å². The number of nitrogens with one attached hydrogen (secondary N) is 2. The molecular formula is C21H28N4O2S. The summed E-state index contributed by atoms with van der Waals surface area (Å²) in [5, 5.41) is 9.44. The molecule has 28 heavy (non-hydrogen) atoms. The van der Waals surface area contributed by atoms with Crippen molar-refractivity contribution in [3.05, 3.63) is 52.5 Å². The normalized spacial score (nSPS) is 17.1. The molecule has 3 rings (SSSR count). The van der Waals surface area contributed by atoms with E-state index in [4.69, 9.17) is 0 Å². The van der Waals surface area contributed by atoms with E-state index in [9.17, 15) is 9.59 Å². The van der Waals surface area contributed by atoms with Crippen LogP contribution in [0.2, 0.25) is 0 Å². The topological polar surface area (TPSA) is 74.3 Å². The minimum Gasteiger partial charge on any atom is -0.349 e. The number of carbonyl (C=O) groups is 2. The molecule has 0 aliphatic carbocycles. The van der Waals surface area contributed by atoms with E-state index in [0.717, 1.165) is 24.3 Å². The molecule has 2 heterocycles. The molecule has 150 valence electrons. The third-order valence-electron chi connectivity index (χ3n) is 5.46. The molecule has 1 aromatic carbocycles. The Labute approximate surface area is 170 Å². The number of rotatable bonds is 7. The average molecular weight is 401 g/mol. The summed E-state index contributed by atoms with van der Waals surface area (Å²) in [6.45, 7) is 5.82. The van der Waals surface area contributed by atoms with Crippen LogP contribution >= 0.6 is 11.3 Å². The molecule has 1 saturated heterocycles. The Bertz CT molecular complexity index is 773. The van der Waals surface area contributed by atoms with Crippen molar-refractivity contribution in [2.45, 2.75) is 44.7 Å². The van der Waals surface area contributed by atoms with Crippen molar-refractivity contribution in [2.24, 2.45) is 0 Å². The van der Waals surface area contributed by atoms with Crippen molar-refractivity contribution in [1.29, 1.82) is 0 Å². The number of piperidine rings is 1. The van der Waals surface area contributed by atoms with E-state index in [0.29, 0.717) is 25.2 Å². The lowest BCUT2D eigenvalue weighted by atomic mass is 9.99. The summed E-state index contributed by atoms with van der Waals surface area (Å²) < 4.78 is 0. The van der Waals surface area contributed by atoms with Gasteiger partial charge in [-0.1, -0.05) is 25.1 Å². The van der Waals surface area contributed by atoms with Gasteiger partial charge >= 0.3 is 0 Å². The molecule has 1 atom stereocenters. The predicted octanol–water partition coefficient (Wildman–Crippen LogP) is 2.78. The summed E-state index contributed by atoms with van der Waals surface area (Å²) in [4.78, 5) is 31.2. The highest BCUT2D eigenvalue weighted by molar-refractivity contribution is 7.09. The lowest BCUT2D eigenvalue weighted by Crippen LogP contribution is -2.50. The molecule has 1 fully saturated rings. The summed E-state index contributed by atoms with van der Waals surface area (Å²) >= 11 is 1.61. The monoisotopic (exact) mass is 400 g/mol. The summed E-state index contributed by atoms with van der Waals surface area (Å²) in [6, 6.07) is 9.35. The molecule has 1 aliphatic rings. The fraction of sp³-hybridized carbons (Fsp3) is 0.476. The molecular weight excluding hydrogens is 372 g/mol. The van der Waals surface area contributed by atoms with Gasteiger partial charge in [0.2, 0.25) is 5.91 Å². The van der Waals surface area contributed by atoms with Crippen molar-refractivity contribution in [3.8, 4) is 0 Å². The van der Waals surface area contributed by atoms with Gasteiger partial charge in [-0.15, -0.1) is 11.3 Å². The lowest BCUT2D eigenvalue weighted by molar-refractivity contribution is -0.131. The third-order valence-corrected chi connectivity index (χ3v) is 6.50. The quantitative estimate of drug-likeness (QED) is 0.750. The molecule has 2 amide bonds. The van der Waals surface area contributed by atoms with Crippen LogP contribution in [0.15, 0.2) is 41.9 Å². The van der Waals surface area contributed by atoms with E-state index in [2.05, 4.69) is 29.5 Å². The Morgan fingerprint density at radius 1 is 1.25 bits per heavy atom. The highest BCUT2D eigenvalue weighted by atomic mass is 32.1. The number of amides is 2. The van der Waals surface area contributed by atoms with Gasteiger partial charge in [-0.3, -0.25) is 14.9 Å². The van der Waals surface area contributed by atoms with Crippen molar-refractivity contribution < 1.29 is 9.59 Å². The van der Waals surface area contributed by atoms with Gasteiger partial charge in [-0.05, 0) is 38.3 Å². The Kier molecular flexibility index (Phi) is 6.80. The van der Waals surface area contributed by atoms with Crippen LogP contribution in [0.1, 0.15) is 48.5 Å². The Balaban J connectivity index is 1.45. The number of nitrogens with zero attached hydrogens (tertiary/aromatic N) is 2. The van der Waals surface area contributed by atoms with E-state index in [-0.39, 0.29) is 23.4 Å². The lowest BCUT2D eigenvalue weighted by Gasteiger charge is -2.34. The molecule has 2 N–H and O–H groups in total. The number of hydrogen-bond acceptors (Lipinski definition) is 5. The number of thiazole rings is 1. The summed E-state index contributed by atoms with van der Waals surface area (Å²) in [7, 11) is 0. The van der Waals surface area contributed by atoms with Gasteiger partial charge in [0.1, 0.15) is 5.01 Å². The van der Waals surface area contributed by atoms with Crippen LogP contribution in [-0.4, -0.2) is 47.4 Å². The SMILES string of the molecule is CCC(C)(NCC(=O)N1CCC(NC(=O)c2ccccc2)CC1)c1nccs1. The van der Waals surface area contributed by atoms with Gasteiger partial charge in [0, 0.05) is 36.3 Å². The smallest absolute Gasteiger partial charge is 0.251 e. The fourth-order valence-electron chi connectivity index (χ4n) is 3.36. The maximum absolute atomic E-state index is 12.6. The second kappa shape index (κ2) is 9.30. The van der Waals surface area contributed by atoms with E-state index < -0.39 is 0 Å². The number of likely N-dealkylation sites (tertiary alicyclic amines) is 1. The molecule has 0 spiro atoms. The van der Waals surface area contributed by atoms with Gasteiger partial charge < -0.3 is 10.2 Å². The van der Waals surface area contributed by atoms with Crippen LogP contribution in [0.4, 0.5) is 0 Å². The zero-order valence-electron chi connectivity index (χ0n) is 16.5. The second-order valence-corrected chi connectivity index (χ2v) is 8.27. The number of carbonyl (C=O) groups excluding carboxylic acids is 2. The average Bonchev–Trinajstić information content (AvgIpc) is 3.28. The van der Waals surface area contributed by atoms with Gasteiger partial charge in [-0.2, -0.15) is 0 Å². The first-order valence-corrected chi connectivity index (χ1v) is 10.7. The van der Waals surface area contributed by atoms with Crippen LogP contribution in [0.3, 0.4) is 0 Å². The Morgan fingerprint density at radius 3 is 2.57 bits per heavy atom. The van der Waals surface area contributed by atoms with E-state index in [1.807, 2.05) is 40.6 Å². The summed E-state index contributed by atoms with van der Waals surface area (Å²) in [5.41, 5.74) is 0.387. The molecule has 1 unspecified atom stereocenters. The van der Waals surface area contributed by atoms with Gasteiger partial charge in [0.15, 0.2) is 0 Å². The minimum absolute atomic E-state index is 0.0470. The van der Waals surface area contributed by atoms with Crippen LogP contribution < -0.4 is 10.6 Å². The molecule has 0 bridgehead atoms. The van der Waals surface area contributed by atoms with Gasteiger partial charge in [0.25, 0.3) is 5.91 Å². The zero-order chi connectivity index (χ0) is 20.0. The van der Waals surface area contributed by atoms with E-state index >= 15 is 0 Å². The first kappa shape index (κ1) is 20.5. The van der Waals surface area contributed by atoms with Gasteiger partial charge in [0.05, 0.1) is 12.1 Å². The predicted molar refractivity (Wildman–Crippen MR) is 111 cm³/mol. The Hall–Kier alpha value is -2.25. The molecule has 2 aromatic rings. The molecule has 0 radical (unpaired) electrons. The van der Waals surface area contributed by atoms with Crippen molar-refractivity contribution >= 4 is 23.2 Å². The van der Waals surface area contributed by atoms with Crippen LogP contribution in [0.25, 0.3) is 0 Å². The van der Waals surface area contributed by atoms with Crippen molar-refractivity contribution in [1.82, 2.24) is 20.5 Å². The number of aromatic nitrogens is 1. The molecule has 6 nitrogen and oxygen atoms in total. The zero-order valence-corrected chi connectivity index (χ0v) is 17.3. The van der Waals surface area contributed by atoms with E-state index in [1.54, 1.807) is 17.5 Å². The summed E-state index contributed by atoms with van der Waals surface area (Å²) in [6.07, 6.45) is 4.22. The van der Waals surface area contributed by atoms with Crippen LogP contribution in [-0.2, 0) is 10.3 Å². The Morgan fingerprint density at radius 2 is 1.96 bits per heavy atom. The van der Waals surface area contributed by atoms with Gasteiger partial charge in [-0.25, -0.2) is 4.98 Å². The molecule has 0 saturated carbocycles. The molecule has 7 heteroatoms. The second-order valence-electron chi connectivity index (χ2n) is 7.37. The minimum atomic E-state index is -0.286. The number of hydrogen-bond donors (Lipinski definition) is 2. The maximum Gasteiger partial charge on any atom is 0.251 e. The third kappa shape index (κ3) is 4.97. The molecule has 1 aliphatic heterocycles. The van der Waals surface area contributed by atoms with Crippen LogP contribution in [0.5, 0.6) is 0 Å². The largest absolute Gasteiger partial charge is 0.349 e. The number of benzene rings is 1. The van der Waals surface area contributed by atoms with E-state index in [1.165, 1.54) is 0 Å². The highest BCUT2D eigenvalue weighted by Crippen LogP contribution is 2.26. The highest BCUT2D eigenvalue weighted by Gasteiger charge is 2.29. The maximum atomic E-state index is 12.6. The molecule has 1 aromatic heterocycles. The first-order chi connectivity index (χ1) is 13.5. The summed E-state index contributed by atoms with van der Waals surface area (Å²) in [5.74, 6) is 0.0540. The first-order valence-electron chi connectivity index (χ1n) is 9.80.